The molecule has 2 rings (SSSR count). The molecule has 3 nitrogen and oxygen atoms in total. The summed E-state index contributed by atoms with van der Waals surface area (Å²) in [4.78, 5) is 12.0. The molecule has 1 atom stereocenters. The number of likely N-dealkylation sites (N-methyl/N-ethyl adjacent to an activating group) is 1. The first kappa shape index (κ1) is 14.7. The van der Waals surface area contributed by atoms with Crippen LogP contribution in [0, 0.1) is 0 Å². The molecule has 1 unspecified atom stereocenters. The van der Waals surface area contributed by atoms with E-state index in [1.54, 1.807) is 24.3 Å². The summed E-state index contributed by atoms with van der Waals surface area (Å²) in [6, 6.07) is 6.94. The fourth-order valence-corrected chi connectivity index (χ4v) is 2.32. The number of benzene rings is 1. The quantitative estimate of drug-likeness (QED) is 0.854. The van der Waals surface area contributed by atoms with Crippen molar-refractivity contribution in [1.82, 2.24) is 4.90 Å². The number of nitrogens with zero attached hydrogens (tertiary/aromatic N) is 1. The Bertz CT molecular complexity index is 498. The van der Waals surface area contributed by atoms with E-state index in [0.29, 0.717) is 10.5 Å². The monoisotopic (exact) mass is 287 g/mol. The lowest BCUT2D eigenvalue weighted by Crippen LogP contribution is -2.58. The number of carbonyl (C=O) groups is 1. The van der Waals surface area contributed by atoms with E-state index in [1.165, 1.54) is 0 Å². The van der Waals surface area contributed by atoms with Crippen molar-refractivity contribution < 1.29 is 22.7 Å². The molecule has 0 aromatic heterocycles. The third-order valence-corrected chi connectivity index (χ3v) is 3.81. The van der Waals surface area contributed by atoms with E-state index in [9.17, 15) is 18.0 Å². The predicted molar refractivity (Wildman–Crippen MR) is 67.4 cm³/mol. The van der Waals surface area contributed by atoms with Crippen molar-refractivity contribution in [2.75, 3.05) is 13.7 Å². The number of hydrogen-bond donors (Lipinski definition) is 0. The number of amides is 1. The Balaban J connectivity index is 2.31. The zero-order valence-electron chi connectivity index (χ0n) is 11.3. The summed E-state index contributed by atoms with van der Waals surface area (Å²) in [5.41, 5.74) is -0.691. The van der Waals surface area contributed by atoms with Crippen LogP contribution in [0.15, 0.2) is 24.3 Å². The zero-order chi connectivity index (χ0) is 15.0. The molecule has 0 N–H and O–H groups in total. The molecular weight excluding hydrogens is 271 g/mol. The molecule has 0 saturated carbocycles. The molecule has 6 heteroatoms. The van der Waals surface area contributed by atoms with Gasteiger partial charge in [-0.15, -0.1) is 0 Å². The summed E-state index contributed by atoms with van der Waals surface area (Å²) in [5.74, 6) is 0. The Morgan fingerprint density at radius 3 is 2.20 bits per heavy atom. The van der Waals surface area contributed by atoms with E-state index >= 15 is 0 Å². The first-order valence-corrected chi connectivity index (χ1v) is 6.35. The molecule has 1 aliphatic heterocycles. The Kier molecular flexibility index (Phi) is 3.67. The van der Waals surface area contributed by atoms with Gasteiger partial charge in [0.05, 0.1) is 0 Å². The molecular formula is C14H16F3NO2. The minimum atomic E-state index is -4.54. The van der Waals surface area contributed by atoms with Gasteiger partial charge < -0.3 is 4.74 Å². The fraction of sp³-hybridized carbons (Fsp3) is 0.500. The second kappa shape index (κ2) is 5.00. The molecule has 1 fully saturated rings. The van der Waals surface area contributed by atoms with Crippen LogP contribution in [0.1, 0.15) is 18.1 Å². The lowest BCUT2D eigenvalue weighted by molar-refractivity contribution is -0.214. The largest absolute Gasteiger partial charge is 0.447 e. The van der Waals surface area contributed by atoms with Gasteiger partial charge >= 0.3 is 12.3 Å². The average molecular weight is 287 g/mol. The van der Waals surface area contributed by atoms with E-state index < -0.39 is 24.4 Å². The summed E-state index contributed by atoms with van der Waals surface area (Å²) >= 11 is 0. The normalized spacial score (nSPS) is 23.1. The van der Waals surface area contributed by atoms with Crippen molar-refractivity contribution in [3.05, 3.63) is 35.4 Å². The molecule has 0 aliphatic carbocycles. The molecule has 1 heterocycles. The highest BCUT2D eigenvalue weighted by atomic mass is 19.4. The third kappa shape index (κ3) is 2.34. The van der Waals surface area contributed by atoms with Crippen molar-refractivity contribution in [3.8, 4) is 0 Å². The highest BCUT2D eigenvalue weighted by molar-refractivity contribution is 5.71. The third-order valence-electron chi connectivity index (χ3n) is 3.81. The van der Waals surface area contributed by atoms with Crippen LogP contribution in [0.5, 0.6) is 0 Å². The van der Waals surface area contributed by atoms with Gasteiger partial charge in [-0.25, -0.2) is 4.79 Å². The van der Waals surface area contributed by atoms with E-state index in [2.05, 4.69) is 4.74 Å². The molecule has 0 spiro atoms. The average Bonchev–Trinajstić information content (AvgIpc) is 2.69. The number of rotatable bonds is 3. The number of halogens is 3. The van der Waals surface area contributed by atoms with Crippen molar-refractivity contribution >= 4 is 6.09 Å². The number of aryl methyl sites for hydroxylation is 1. The van der Waals surface area contributed by atoms with Gasteiger partial charge in [-0.2, -0.15) is 13.2 Å². The lowest BCUT2D eigenvalue weighted by atomic mass is 9.89. The molecule has 20 heavy (non-hydrogen) atoms. The maximum atomic E-state index is 13.4. The number of cyclic esters (lactones) is 1. The summed E-state index contributed by atoms with van der Waals surface area (Å²) in [6.45, 7) is 1.31. The van der Waals surface area contributed by atoms with E-state index in [-0.39, 0.29) is 6.42 Å². The molecule has 0 bridgehead atoms. The zero-order valence-corrected chi connectivity index (χ0v) is 11.3. The summed E-state index contributed by atoms with van der Waals surface area (Å²) in [7, 11) is 1.13. The van der Waals surface area contributed by atoms with E-state index in [4.69, 9.17) is 0 Å². The van der Waals surface area contributed by atoms with Crippen LogP contribution >= 0.6 is 0 Å². The molecule has 110 valence electrons. The summed E-state index contributed by atoms with van der Waals surface area (Å²) < 4.78 is 44.8. The van der Waals surface area contributed by atoms with Crippen molar-refractivity contribution in [2.24, 2.45) is 0 Å². The molecule has 0 radical (unpaired) electrons. The summed E-state index contributed by atoms with van der Waals surface area (Å²) in [5, 5.41) is 0. The van der Waals surface area contributed by atoms with Crippen LogP contribution in [-0.2, 0) is 17.6 Å². The number of carbonyl (C=O) groups excluding carboxylic acids is 1. The first-order valence-electron chi connectivity index (χ1n) is 6.35. The van der Waals surface area contributed by atoms with Gasteiger partial charge in [0.15, 0.2) is 5.54 Å². The molecule has 1 aliphatic rings. The maximum absolute atomic E-state index is 13.4. The van der Waals surface area contributed by atoms with Gasteiger partial charge in [-0.05, 0) is 17.5 Å². The van der Waals surface area contributed by atoms with Crippen molar-refractivity contribution in [3.63, 3.8) is 0 Å². The predicted octanol–water partition coefficient (Wildman–Crippen LogP) is 3.17. The molecule has 1 amide bonds. The van der Waals surface area contributed by atoms with E-state index in [1.807, 2.05) is 6.92 Å². The fourth-order valence-electron chi connectivity index (χ4n) is 2.32. The number of ether oxygens (including phenoxy) is 1. The standard InChI is InChI=1S/C14H16F3NO2/c1-3-10-4-6-11(7-5-10)8-13(14(15,16)17)9-20-12(19)18(13)2/h4-7H,3,8-9H2,1-2H3. The Morgan fingerprint density at radius 2 is 1.80 bits per heavy atom. The van der Waals surface area contributed by atoms with Gasteiger partial charge in [0, 0.05) is 13.5 Å². The minimum absolute atomic E-state index is 0.303. The van der Waals surface area contributed by atoms with Gasteiger partial charge in [-0.1, -0.05) is 31.2 Å². The highest BCUT2D eigenvalue weighted by Gasteiger charge is 2.63. The van der Waals surface area contributed by atoms with Crippen LogP contribution in [-0.4, -0.2) is 36.4 Å². The number of alkyl halides is 3. The van der Waals surface area contributed by atoms with Crippen molar-refractivity contribution in [2.45, 2.75) is 31.5 Å². The Labute approximate surface area is 115 Å². The van der Waals surface area contributed by atoms with Crippen LogP contribution in [0.25, 0.3) is 0 Å². The molecule has 1 saturated heterocycles. The Hall–Kier alpha value is -1.72. The van der Waals surface area contributed by atoms with Crippen LogP contribution in [0.4, 0.5) is 18.0 Å². The topological polar surface area (TPSA) is 29.5 Å². The van der Waals surface area contributed by atoms with Crippen molar-refractivity contribution in [1.29, 1.82) is 0 Å². The summed E-state index contributed by atoms with van der Waals surface area (Å²) in [6.07, 6.45) is -4.96. The maximum Gasteiger partial charge on any atom is 0.415 e. The van der Waals surface area contributed by atoms with Gasteiger partial charge in [0.1, 0.15) is 6.61 Å². The minimum Gasteiger partial charge on any atom is -0.447 e. The smallest absolute Gasteiger partial charge is 0.415 e. The SMILES string of the molecule is CCc1ccc(CC2(C(F)(F)F)COC(=O)N2C)cc1. The van der Waals surface area contributed by atoms with Crippen LogP contribution in [0.2, 0.25) is 0 Å². The van der Waals surface area contributed by atoms with Crippen LogP contribution in [0.3, 0.4) is 0 Å². The lowest BCUT2D eigenvalue weighted by Gasteiger charge is -2.35. The van der Waals surface area contributed by atoms with Gasteiger partial charge in [-0.3, -0.25) is 4.90 Å². The second-order valence-corrected chi connectivity index (χ2v) is 4.99. The highest BCUT2D eigenvalue weighted by Crippen LogP contribution is 2.41. The van der Waals surface area contributed by atoms with Gasteiger partial charge in [0.25, 0.3) is 0 Å². The Morgan fingerprint density at radius 1 is 1.25 bits per heavy atom. The van der Waals surface area contributed by atoms with Crippen LogP contribution < -0.4 is 0 Å². The second-order valence-electron chi connectivity index (χ2n) is 4.99. The number of hydrogen-bond acceptors (Lipinski definition) is 2. The van der Waals surface area contributed by atoms with E-state index in [0.717, 1.165) is 19.0 Å². The molecule has 1 aromatic rings. The first-order chi connectivity index (χ1) is 9.30. The van der Waals surface area contributed by atoms with Gasteiger partial charge in [0.2, 0.25) is 0 Å². The molecule has 1 aromatic carbocycles.